The van der Waals surface area contributed by atoms with Crippen molar-refractivity contribution in [3.05, 3.63) is 54.6 Å². The SMILES string of the molecule is CCC(=O)NOc1cccc(-c2ccccc2)c1. The maximum absolute atomic E-state index is 11.1. The molecule has 0 bridgehead atoms. The van der Waals surface area contributed by atoms with E-state index >= 15 is 0 Å². The summed E-state index contributed by atoms with van der Waals surface area (Å²) in [6, 6.07) is 17.6. The third-order valence-corrected chi connectivity index (χ3v) is 2.54. The van der Waals surface area contributed by atoms with Crippen LogP contribution >= 0.6 is 0 Å². The molecule has 0 unspecified atom stereocenters. The van der Waals surface area contributed by atoms with E-state index in [0.717, 1.165) is 11.1 Å². The van der Waals surface area contributed by atoms with E-state index in [-0.39, 0.29) is 5.91 Å². The molecule has 0 aliphatic carbocycles. The van der Waals surface area contributed by atoms with E-state index in [1.807, 2.05) is 54.6 Å². The van der Waals surface area contributed by atoms with E-state index in [2.05, 4.69) is 5.48 Å². The minimum Gasteiger partial charge on any atom is -0.380 e. The number of benzene rings is 2. The average Bonchev–Trinajstić information content (AvgIpc) is 2.46. The monoisotopic (exact) mass is 241 g/mol. The van der Waals surface area contributed by atoms with Crippen molar-refractivity contribution in [2.24, 2.45) is 0 Å². The first-order chi connectivity index (χ1) is 8.79. The van der Waals surface area contributed by atoms with Gasteiger partial charge in [0.1, 0.15) is 0 Å². The molecule has 2 aromatic rings. The van der Waals surface area contributed by atoms with Gasteiger partial charge >= 0.3 is 0 Å². The lowest BCUT2D eigenvalue weighted by Crippen LogP contribution is -2.25. The molecule has 0 atom stereocenters. The maximum Gasteiger partial charge on any atom is 0.252 e. The Bertz CT molecular complexity index is 523. The second-order valence-electron chi connectivity index (χ2n) is 3.87. The predicted octanol–water partition coefficient (Wildman–Crippen LogP) is 3.17. The first kappa shape index (κ1) is 12.2. The molecule has 0 fully saturated rings. The average molecular weight is 241 g/mol. The van der Waals surface area contributed by atoms with E-state index in [4.69, 9.17) is 4.84 Å². The molecule has 1 N–H and O–H groups in total. The zero-order chi connectivity index (χ0) is 12.8. The van der Waals surface area contributed by atoms with Crippen LogP contribution in [0.4, 0.5) is 0 Å². The molecule has 0 saturated heterocycles. The molecule has 18 heavy (non-hydrogen) atoms. The summed E-state index contributed by atoms with van der Waals surface area (Å²) >= 11 is 0. The summed E-state index contributed by atoms with van der Waals surface area (Å²) in [5, 5.41) is 0. The number of nitrogens with one attached hydrogen (secondary N) is 1. The van der Waals surface area contributed by atoms with E-state index in [1.165, 1.54) is 0 Å². The molecule has 2 aromatic carbocycles. The molecular weight excluding hydrogens is 226 g/mol. The fraction of sp³-hybridized carbons (Fsp3) is 0.133. The first-order valence-electron chi connectivity index (χ1n) is 5.91. The summed E-state index contributed by atoms with van der Waals surface area (Å²) in [6.45, 7) is 1.78. The summed E-state index contributed by atoms with van der Waals surface area (Å²) in [7, 11) is 0. The van der Waals surface area contributed by atoms with Gasteiger partial charge in [-0.1, -0.05) is 49.4 Å². The smallest absolute Gasteiger partial charge is 0.252 e. The maximum atomic E-state index is 11.1. The van der Waals surface area contributed by atoms with Gasteiger partial charge < -0.3 is 4.84 Å². The van der Waals surface area contributed by atoms with Crippen LogP contribution in [0.2, 0.25) is 0 Å². The summed E-state index contributed by atoms with van der Waals surface area (Å²) < 4.78 is 0. The Morgan fingerprint density at radius 2 is 1.78 bits per heavy atom. The lowest BCUT2D eigenvalue weighted by molar-refractivity contribution is -0.127. The zero-order valence-corrected chi connectivity index (χ0v) is 10.2. The van der Waals surface area contributed by atoms with Crippen LogP contribution in [0.15, 0.2) is 54.6 Å². The molecule has 0 heterocycles. The predicted molar refractivity (Wildman–Crippen MR) is 70.9 cm³/mol. The largest absolute Gasteiger partial charge is 0.380 e. The number of rotatable bonds is 4. The molecule has 0 aliphatic rings. The molecule has 0 radical (unpaired) electrons. The van der Waals surface area contributed by atoms with Crippen molar-refractivity contribution in [2.45, 2.75) is 13.3 Å². The zero-order valence-electron chi connectivity index (χ0n) is 10.2. The van der Waals surface area contributed by atoms with Crippen LogP contribution in [-0.4, -0.2) is 5.91 Å². The molecule has 0 spiro atoms. The Labute approximate surface area is 106 Å². The summed E-state index contributed by atoms with van der Waals surface area (Å²) in [4.78, 5) is 16.3. The van der Waals surface area contributed by atoms with Crippen LogP contribution in [0.5, 0.6) is 5.75 Å². The van der Waals surface area contributed by atoms with Crippen LogP contribution < -0.4 is 10.3 Å². The molecule has 1 amide bonds. The summed E-state index contributed by atoms with van der Waals surface area (Å²) in [5.41, 5.74) is 4.56. The van der Waals surface area contributed by atoms with Crippen LogP contribution in [0.25, 0.3) is 11.1 Å². The topological polar surface area (TPSA) is 38.3 Å². The van der Waals surface area contributed by atoms with Crippen molar-refractivity contribution in [1.29, 1.82) is 0 Å². The Balaban J connectivity index is 2.13. The Morgan fingerprint density at radius 1 is 1.06 bits per heavy atom. The van der Waals surface area contributed by atoms with Crippen molar-refractivity contribution < 1.29 is 9.63 Å². The second-order valence-corrected chi connectivity index (χ2v) is 3.87. The normalized spacial score (nSPS) is 9.83. The van der Waals surface area contributed by atoms with Crippen molar-refractivity contribution in [2.75, 3.05) is 0 Å². The van der Waals surface area contributed by atoms with Gasteiger partial charge in [0, 0.05) is 6.42 Å². The van der Waals surface area contributed by atoms with Crippen molar-refractivity contribution >= 4 is 5.91 Å². The van der Waals surface area contributed by atoms with Crippen LogP contribution in [0.1, 0.15) is 13.3 Å². The first-order valence-corrected chi connectivity index (χ1v) is 5.91. The minimum atomic E-state index is -0.139. The highest BCUT2D eigenvalue weighted by Crippen LogP contribution is 2.23. The fourth-order valence-corrected chi connectivity index (χ4v) is 1.56. The standard InChI is InChI=1S/C15H15NO2/c1-2-15(17)16-18-14-10-6-9-13(11-14)12-7-4-3-5-8-12/h3-11H,2H2,1H3,(H,16,17). The number of hydrogen-bond donors (Lipinski definition) is 1. The summed E-state index contributed by atoms with van der Waals surface area (Å²) in [6.07, 6.45) is 0.401. The van der Waals surface area contributed by atoms with Gasteiger partial charge in [0.05, 0.1) is 0 Å². The number of carbonyl (C=O) groups is 1. The highest BCUT2D eigenvalue weighted by Gasteiger charge is 2.01. The van der Waals surface area contributed by atoms with Gasteiger partial charge in [0.15, 0.2) is 5.75 Å². The van der Waals surface area contributed by atoms with E-state index in [0.29, 0.717) is 12.2 Å². The summed E-state index contributed by atoms with van der Waals surface area (Å²) in [5.74, 6) is 0.485. The lowest BCUT2D eigenvalue weighted by Gasteiger charge is -2.07. The molecule has 3 nitrogen and oxygen atoms in total. The molecule has 0 aliphatic heterocycles. The highest BCUT2D eigenvalue weighted by molar-refractivity contribution is 5.74. The van der Waals surface area contributed by atoms with Gasteiger partial charge in [0.25, 0.3) is 5.91 Å². The van der Waals surface area contributed by atoms with Gasteiger partial charge in [-0.15, -0.1) is 0 Å². The van der Waals surface area contributed by atoms with Crippen molar-refractivity contribution in [3.63, 3.8) is 0 Å². The molecular formula is C15H15NO2. The minimum absolute atomic E-state index is 0.139. The van der Waals surface area contributed by atoms with Gasteiger partial charge in [-0.25, -0.2) is 0 Å². The van der Waals surface area contributed by atoms with E-state index < -0.39 is 0 Å². The van der Waals surface area contributed by atoms with Crippen LogP contribution in [0, 0.1) is 0 Å². The van der Waals surface area contributed by atoms with Gasteiger partial charge in [-0.05, 0) is 23.3 Å². The number of hydrogen-bond acceptors (Lipinski definition) is 2. The molecule has 0 saturated carbocycles. The van der Waals surface area contributed by atoms with Crippen LogP contribution in [-0.2, 0) is 4.79 Å². The molecule has 3 heteroatoms. The second kappa shape index (κ2) is 5.87. The van der Waals surface area contributed by atoms with Gasteiger partial charge in [-0.3, -0.25) is 4.79 Å². The van der Waals surface area contributed by atoms with E-state index in [1.54, 1.807) is 6.92 Å². The quantitative estimate of drug-likeness (QED) is 0.835. The van der Waals surface area contributed by atoms with Crippen molar-refractivity contribution in [1.82, 2.24) is 5.48 Å². The third kappa shape index (κ3) is 3.10. The lowest BCUT2D eigenvalue weighted by atomic mass is 10.1. The van der Waals surface area contributed by atoms with Crippen molar-refractivity contribution in [3.8, 4) is 16.9 Å². The number of carbonyl (C=O) groups excluding carboxylic acids is 1. The Hall–Kier alpha value is -2.29. The van der Waals surface area contributed by atoms with E-state index in [9.17, 15) is 4.79 Å². The Kier molecular flexibility index (Phi) is 3.97. The number of amides is 1. The Morgan fingerprint density at radius 3 is 2.50 bits per heavy atom. The molecule has 92 valence electrons. The molecule has 0 aromatic heterocycles. The van der Waals surface area contributed by atoms with Gasteiger partial charge in [-0.2, -0.15) is 5.48 Å². The van der Waals surface area contributed by atoms with Crippen LogP contribution in [0.3, 0.4) is 0 Å². The fourth-order valence-electron chi connectivity index (χ4n) is 1.56. The highest BCUT2D eigenvalue weighted by atomic mass is 16.7. The van der Waals surface area contributed by atoms with Gasteiger partial charge in [0.2, 0.25) is 0 Å². The number of hydroxylamine groups is 1. The molecule has 2 rings (SSSR count). The third-order valence-electron chi connectivity index (χ3n) is 2.54.